The highest BCUT2D eigenvalue weighted by Crippen LogP contribution is 2.22. The molecule has 88 valence electrons. The van der Waals surface area contributed by atoms with Crippen molar-refractivity contribution in [1.29, 1.82) is 0 Å². The minimum atomic E-state index is -0.0798. The number of aliphatic hydroxyl groups excluding tert-OH is 1. The third-order valence-electron chi connectivity index (χ3n) is 2.01. The number of carbonyl (C=O) groups is 1. The third kappa shape index (κ3) is 4.04. The normalized spacial score (nSPS) is 10.2. The first-order valence-electron chi connectivity index (χ1n) is 4.88. The summed E-state index contributed by atoms with van der Waals surface area (Å²) in [6.45, 7) is 1.95. The molecular weight excluding hydrogens is 246 g/mol. The SMILES string of the molecule is Cc1c(Cl)cccc1NC(=O)CSCCO. The molecule has 0 unspecified atom stereocenters. The Bertz CT molecular complexity index is 371. The van der Waals surface area contributed by atoms with Crippen LogP contribution in [0.5, 0.6) is 0 Å². The smallest absolute Gasteiger partial charge is 0.234 e. The quantitative estimate of drug-likeness (QED) is 0.798. The number of rotatable bonds is 5. The Hall–Kier alpha value is -0.710. The number of aliphatic hydroxyl groups is 1. The number of hydrogen-bond donors (Lipinski definition) is 2. The predicted molar refractivity (Wildman–Crippen MR) is 69.2 cm³/mol. The van der Waals surface area contributed by atoms with Gasteiger partial charge in [-0.15, -0.1) is 11.8 Å². The van der Waals surface area contributed by atoms with Crippen LogP contribution in [0.2, 0.25) is 5.02 Å². The molecular formula is C11H14ClNO2S. The number of anilines is 1. The van der Waals surface area contributed by atoms with Gasteiger partial charge in [-0.2, -0.15) is 0 Å². The molecule has 0 spiro atoms. The maximum Gasteiger partial charge on any atom is 0.234 e. The highest BCUT2D eigenvalue weighted by molar-refractivity contribution is 7.99. The van der Waals surface area contributed by atoms with E-state index >= 15 is 0 Å². The molecule has 1 amide bonds. The number of hydrogen-bond acceptors (Lipinski definition) is 3. The van der Waals surface area contributed by atoms with Gasteiger partial charge in [-0.25, -0.2) is 0 Å². The van der Waals surface area contributed by atoms with Crippen molar-refractivity contribution in [2.24, 2.45) is 0 Å². The Morgan fingerprint density at radius 3 is 3.00 bits per heavy atom. The van der Waals surface area contributed by atoms with Crippen LogP contribution in [0.25, 0.3) is 0 Å². The first-order chi connectivity index (χ1) is 7.65. The zero-order chi connectivity index (χ0) is 12.0. The Balaban J connectivity index is 2.53. The molecule has 1 aromatic carbocycles. The van der Waals surface area contributed by atoms with Crippen LogP contribution in [-0.4, -0.2) is 29.1 Å². The van der Waals surface area contributed by atoms with Crippen molar-refractivity contribution in [1.82, 2.24) is 0 Å². The summed E-state index contributed by atoms with van der Waals surface area (Å²) < 4.78 is 0. The molecule has 0 aliphatic rings. The summed E-state index contributed by atoms with van der Waals surface area (Å²) >= 11 is 7.33. The molecule has 2 N–H and O–H groups in total. The van der Waals surface area contributed by atoms with Gasteiger partial charge in [-0.1, -0.05) is 17.7 Å². The summed E-state index contributed by atoms with van der Waals surface area (Å²) in [4.78, 5) is 11.5. The Kier molecular flexibility index (Phi) is 5.66. The number of nitrogens with one attached hydrogen (secondary N) is 1. The van der Waals surface area contributed by atoms with Crippen LogP contribution in [0, 0.1) is 6.92 Å². The minimum absolute atomic E-state index is 0.0798. The van der Waals surface area contributed by atoms with E-state index in [-0.39, 0.29) is 12.5 Å². The highest BCUT2D eigenvalue weighted by Gasteiger charge is 2.06. The Morgan fingerprint density at radius 1 is 1.56 bits per heavy atom. The number of halogens is 1. The summed E-state index contributed by atoms with van der Waals surface area (Å²) in [6.07, 6.45) is 0. The van der Waals surface area contributed by atoms with Gasteiger partial charge in [0.15, 0.2) is 0 Å². The first kappa shape index (κ1) is 13.4. The lowest BCUT2D eigenvalue weighted by Crippen LogP contribution is -2.15. The molecule has 0 aliphatic carbocycles. The van der Waals surface area contributed by atoms with Gasteiger partial charge in [0.1, 0.15) is 0 Å². The zero-order valence-electron chi connectivity index (χ0n) is 9.00. The van der Waals surface area contributed by atoms with E-state index in [1.165, 1.54) is 11.8 Å². The molecule has 3 nitrogen and oxygen atoms in total. The van der Waals surface area contributed by atoms with E-state index in [1.807, 2.05) is 13.0 Å². The van der Waals surface area contributed by atoms with Crippen molar-refractivity contribution < 1.29 is 9.90 Å². The number of benzene rings is 1. The van der Waals surface area contributed by atoms with Crippen molar-refractivity contribution >= 4 is 35.0 Å². The topological polar surface area (TPSA) is 49.3 Å². The van der Waals surface area contributed by atoms with Gasteiger partial charge < -0.3 is 10.4 Å². The molecule has 0 atom stereocenters. The van der Waals surface area contributed by atoms with Crippen LogP contribution in [0.15, 0.2) is 18.2 Å². The fourth-order valence-electron chi connectivity index (χ4n) is 1.16. The molecule has 0 fully saturated rings. The van der Waals surface area contributed by atoms with Gasteiger partial charge in [0, 0.05) is 16.5 Å². The molecule has 5 heteroatoms. The van der Waals surface area contributed by atoms with Crippen molar-refractivity contribution in [3.63, 3.8) is 0 Å². The summed E-state index contributed by atoms with van der Waals surface area (Å²) in [7, 11) is 0. The molecule has 16 heavy (non-hydrogen) atoms. The second-order valence-electron chi connectivity index (χ2n) is 3.24. The van der Waals surface area contributed by atoms with Crippen molar-refractivity contribution in [3.05, 3.63) is 28.8 Å². The van der Waals surface area contributed by atoms with E-state index in [9.17, 15) is 4.79 Å². The van der Waals surface area contributed by atoms with Crippen LogP contribution in [-0.2, 0) is 4.79 Å². The minimum Gasteiger partial charge on any atom is -0.396 e. The Morgan fingerprint density at radius 2 is 2.31 bits per heavy atom. The van der Waals surface area contributed by atoms with Crippen molar-refractivity contribution in [2.45, 2.75) is 6.92 Å². The zero-order valence-corrected chi connectivity index (χ0v) is 10.6. The molecule has 1 rings (SSSR count). The standard InChI is InChI=1S/C11H14ClNO2S/c1-8-9(12)3-2-4-10(8)13-11(15)7-16-6-5-14/h2-4,14H,5-7H2,1H3,(H,13,15). The van der Waals surface area contributed by atoms with Gasteiger partial charge in [0.05, 0.1) is 12.4 Å². The summed E-state index contributed by atoms with van der Waals surface area (Å²) in [5.41, 5.74) is 1.60. The lowest BCUT2D eigenvalue weighted by molar-refractivity contribution is -0.113. The molecule has 1 aromatic rings. The largest absolute Gasteiger partial charge is 0.396 e. The van der Waals surface area contributed by atoms with E-state index in [0.29, 0.717) is 16.5 Å². The van der Waals surface area contributed by atoms with Gasteiger partial charge >= 0.3 is 0 Å². The molecule has 0 bridgehead atoms. The van der Waals surface area contributed by atoms with Gasteiger partial charge in [0.25, 0.3) is 0 Å². The predicted octanol–water partition coefficient (Wildman–Crippen LogP) is 2.31. The summed E-state index contributed by atoms with van der Waals surface area (Å²) in [6, 6.07) is 5.40. The van der Waals surface area contributed by atoms with Crippen LogP contribution >= 0.6 is 23.4 Å². The van der Waals surface area contributed by atoms with Gasteiger partial charge in [-0.3, -0.25) is 4.79 Å². The molecule has 0 saturated heterocycles. The highest BCUT2D eigenvalue weighted by atomic mass is 35.5. The lowest BCUT2D eigenvalue weighted by atomic mass is 10.2. The third-order valence-corrected chi connectivity index (χ3v) is 3.36. The van der Waals surface area contributed by atoms with Crippen LogP contribution in [0.1, 0.15) is 5.56 Å². The van der Waals surface area contributed by atoms with Crippen molar-refractivity contribution in [2.75, 3.05) is 23.4 Å². The maximum atomic E-state index is 11.5. The van der Waals surface area contributed by atoms with E-state index in [2.05, 4.69) is 5.32 Å². The van der Waals surface area contributed by atoms with E-state index in [1.54, 1.807) is 12.1 Å². The fraction of sp³-hybridized carbons (Fsp3) is 0.364. The monoisotopic (exact) mass is 259 g/mol. The lowest BCUT2D eigenvalue weighted by Gasteiger charge is -2.08. The summed E-state index contributed by atoms with van der Waals surface area (Å²) in [5, 5.41) is 12.0. The van der Waals surface area contributed by atoms with E-state index in [0.717, 1.165) is 11.3 Å². The fourth-order valence-corrected chi connectivity index (χ4v) is 1.86. The average molecular weight is 260 g/mol. The van der Waals surface area contributed by atoms with E-state index in [4.69, 9.17) is 16.7 Å². The second kappa shape index (κ2) is 6.78. The first-order valence-corrected chi connectivity index (χ1v) is 6.42. The molecule has 0 aliphatic heterocycles. The van der Waals surface area contributed by atoms with Crippen LogP contribution < -0.4 is 5.32 Å². The maximum absolute atomic E-state index is 11.5. The molecule has 0 aromatic heterocycles. The molecule has 0 heterocycles. The van der Waals surface area contributed by atoms with Gasteiger partial charge in [0.2, 0.25) is 5.91 Å². The molecule has 0 saturated carbocycles. The second-order valence-corrected chi connectivity index (χ2v) is 4.75. The van der Waals surface area contributed by atoms with Crippen LogP contribution in [0.4, 0.5) is 5.69 Å². The Labute approximate surface area is 104 Å². The number of amides is 1. The average Bonchev–Trinajstić information content (AvgIpc) is 2.25. The summed E-state index contributed by atoms with van der Waals surface area (Å²) in [5.74, 6) is 0.831. The van der Waals surface area contributed by atoms with Gasteiger partial charge in [-0.05, 0) is 24.6 Å². The molecule has 0 radical (unpaired) electrons. The number of thioether (sulfide) groups is 1. The van der Waals surface area contributed by atoms with Crippen molar-refractivity contribution in [3.8, 4) is 0 Å². The number of carbonyl (C=O) groups excluding carboxylic acids is 1. The van der Waals surface area contributed by atoms with E-state index < -0.39 is 0 Å². The van der Waals surface area contributed by atoms with Crippen LogP contribution in [0.3, 0.4) is 0 Å².